The first-order valence-corrected chi connectivity index (χ1v) is 14.4. The number of aromatic nitrogens is 2. The van der Waals surface area contributed by atoms with E-state index in [4.69, 9.17) is 4.74 Å². The Morgan fingerprint density at radius 1 is 1.03 bits per heavy atom. The predicted molar refractivity (Wildman–Crippen MR) is 149 cm³/mol. The summed E-state index contributed by atoms with van der Waals surface area (Å²) >= 11 is 1.23. The normalized spacial score (nSPS) is 15.5. The van der Waals surface area contributed by atoms with E-state index in [0.717, 1.165) is 16.7 Å². The molecule has 0 spiro atoms. The monoisotopic (exact) mass is 548 g/mol. The molecule has 1 aliphatic heterocycles. The Kier molecular flexibility index (Phi) is 6.70. The third kappa shape index (κ3) is 5.14. The van der Waals surface area contributed by atoms with Gasteiger partial charge in [-0.3, -0.25) is 14.4 Å². The van der Waals surface area contributed by atoms with E-state index in [2.05, 4.69) is 36.3 Å². The molecule has 1 aromatic heterocycles. The van der Waals surface area contributed by atoms with Crippen LogP contribution >= 0.6 is 11.3 Å². The Hall–Kier alpha value is -3.76. The van der Waals surface area contributed by atoms with Gasteiger partial charge in [-0.2, -0.15) is 0 Å². The number of benzene rings is 3. The molecule has 10 heteroatoms. The van der Waals surface area contributed by atoms with Crippen LogP contribution in [0.15, 0.2) is 77.7 Å². The maximum Gasteiger partial charge on any atom is 0.269 e. The fraction of sp³-hybridized carbons (Fsp3) is 0.250. The number of nitrogens with one attached hydrogen (secondary N) is 1. The Morgan fingerprint density at radius 2 is 1.74 bits per heavy atom. The summed E-state index contributed by atoms with van der Waals surface area (Å²) < 4.78 is 35.0. The number of fused-ring (bicyclic) bond motifs is 1. The lowest BCUT2D eigenvalue weighted by Crippen LogP contribution is -2.49. The highest BCUT2D eigenvalue weighted by Gasteiger charge is 2.38. The summed E-state index contributed by atoms with van der Waals surface area (Å²) in [5.74, 6) is -0.183. The number of aryl methyl sites for hydroxylation is 1. The molecule has 196 valence electrons. The average molecular weight is 549 g/mol. The number of rotatable bonds is 5. The van der Waals surface area contributed by atoms with Gasteiger partial charge in [-0.25, -0.2) is 8.42 Å². The maximum atomic E-state index is 13.8. The molecule has 0 bridgehead atoms. The van der Waals surface area contributed by atoms with Crippen molar-refractivity contribution in [3.05, 3.63) is 83.9 Å². The van der Waals surface area contributed by atoms with Crippen LogP contribution in [0.5, 0.6) is 5.75 Å². The molecule has 0 aliphatic carbocycles. The summed E-state index contributed by atoms with van der Waals surface area (Å²) in [4.78, 5) is 13.4. The molecule has 0 fully saturated rings. The van der Waals surface area contributed by atoms with Gasteiger partial charge in [0.1, 0.15) is 10.8 Å². The van der Waals surface area contributed by atoms with Gasteiger partial charge in [-0.15, -0.1) is 10.2 Å². The second-order valence-corrected chi connectivity index (χ2v) is 13.0. The van der Waals surface area contributed by atoms with Gasteiger partial charge in [0, 0.05) is 5.56 Å². The lowest BCUT2D eigenvalue weighted by molar-refractivity contribution is -0.122. The molecule has 1 amide bonds. The van der Waals surface area contributed by atoms with Crippen LogP contribution < -0.4 is 14.4 Å². The van der Waals surface area contributed by atoms with E-state index in [1.54, 1.807) is 30.3 Å². The summed E-state index contributed by atoms with van der Waals surface area (Å²) in [5.41, 5.74) is 2.99. The van der Waals surface area contributed by atoms with Gasteiger partial charge in [0.05, 0.1) is 17.1 Å². The Morgan fingerprint density at radius 3 is 2.42 bits per heavy atom. The first-order valence-electron chi connectivity index (χ1n) is 12.1. The van der Waals surface area contributed by atoms with Gasteiger partial charge in [0.25, 0.3) is 15.9 Å². The van der Waals surface area contributed by atoms with Crippen molar-refractivity contribution >= 4 is 38.1 Å². The SMILES string of the molecule is Cc1ccc(S(=O)(=O)N2C[C@H](C(=O)Nc3nnc(-c4ccccc4)s3)Oc3ccc(C(C)(C)C)cc32)cc1. The first-order chi connectivity index (χ1) is 18.0. The van der Waals surface area contributed by atoms with Crippen LogP contribution in [0.2, 0.25) is 0 Å². The van der Waals surface area contributed by atoms with Crippen molar-refractivity contribution in [3.63, 3.8) is 0 Å². The van der Waals surface area contributed by atoms with Gasteiger partial charge in [-0.05, 0) is 42.2 Å². The molecular formula is C28H28N4O4S2. The van der Waals surface area contributed by atoms with Crippen LogP contribution in [-0.4, -0.2) is 37.2 Å². The Balaban J connectivity index is 1.47. The molecule has 1 N–H and O–H groups in total. The molecule has 1 atom stereocenters. The van der Waals surface area contributed by atoms with Gasteiger partial charge in [0.2, 0.25) is 5.13 Å². The Bertz CT molecular complexity index is 1580. The van der Waals surface area contributed by atoms with Crippen LogP contribution in [0.25, 0.3) is 10.6 Å². The smallest absolute Gasteiger partial charge is 0.269 e. The molecule has 4 aromatic rings. The van der Waals surface area contributed by atoms with Gasteiger partial charge >= 0.3 is 0 Å². The van der Waals surface area contributed by atoms with Gasteiger partial charge < -0.3 is 4.74 Å². The zero-order valence-electron chi connectivity index (χ0n) is 21.5. The van der Waals surface area contributed by atoms with E-state index in [0.29, 0.717) is 21.6 Å². The molecule has 3 aromatic carbocycles. The molecule has 0 unspecified atom stereocenters. The van der Waals surface area contributed by atoms with Gasteiger partial charge in [-0.1, -0.05) is 86.2 Å². The number of carbonyl (C=O) groups is 1. The minimum Gasteiger partial charge on any atom is -0.476 e. The largest absolute Gasteiger partial charge is 0.476 e. The molecule has 8 nitrogen and oxygen atoms in total. The zero-order chi connectivity index (χ0) is 27.1. The summed E-state index contributed by atoms with van der Waals surface area (Å²) in [5, 5.41) is 12.0. The molecule has 0 saturated carbocycles. The third-order valence-electron chi connectivity index (χ3n) is 6.27. The summed E-state index contributed by atoms with van der Waals surface area (Å²) in [6.07, 6.45) is -1.09. The second-order valence-electron chi connectivity index (χ2n) is 10.2. The highest BCUT2D eigenvalue weighted by atomic mass is 32.2. The molecule has 1 aliphatic rings. The standard InChI is InChI=1S/C28H28N4O4S2/c1-18-10-13-21(14-11-18)38(34,35)32-17-24(36-23-15-12-20(16-22(23)32)28(2,3)4)25(33)29-27-31-30-26(37-27)19-8-6-5-7-9-19/h5-16,24H,17H2,1-4H3,(H,29,31,33)/t24-/m1/s1. The van der Waals surface area contributed by atoms with Crippen LogP contribution in [0, 0.1) is 6.92 Å². The molecule has 0 radical (unpaired) electrons. The van der Waals surface area contributed by atoms with E-state index in [9.17, 15) is 13.2 Å². The van der Waals surface area contributed by atoms with Crippen molar-refractivity contribution in [1.82, 2.24) is 10.2 Å². The summed E-state index contributed by atoms with van der Waals surface area (Å²) in [7, 11) is -3.98. The number of amides is 1. The molecule has 2 heterocycles. The highest BCUT2D eigenvalue weighted by molar-refractivity contribution is 7.92. The highest BCUT2D eigenvalue weighted by Crippen LogP contribution is 2.40. The first kappa shape index (κ1) is 25.9. The second kappa shape index (κ2) is 9.85. The molecule has 0 saturated heterocycles. The zero-order valence-corrected chi connectivity index (χ0v) is 23.1. The van der Waals surface area contributed by atoms with Crippen molar-refractivity contribution in [3.8, 4) is 16.3 Å². The number of nitrogens with zero attached hydrogens (tertiary/aromatic N) is 3. The number of hydrogen-bond donors (Lipinski definition) is 1. The number of anilines is 2. The van der Waals surface area contributed by atoms with Crippen molar-refractivity contribution in [2.24, 2.45) is 0 Å². The maximum absolute atomic E-state index is 13.8. The molecule has 5 rings (SSSR count). The predicted octanol–water partition coefficient (Wildman–Crippen LogP) is 5.41. The Labute approximate surface area is 226 Å². The van der Waals surface area contributed by atoms with Crippen LogP contribution in [0.4, 0.5) is 10.8 Å². The van der Waals surface area contributed by atoms with E-state index < -0.39 is 22.0 Å². The van der Waals surface area contributed by atoms with Crippen molar-refractivity contribution < 1.29 is 17.9 Å². The average Bonchev–Trinajstić information content (AvgIpc) is 3.36. The fourth-order valence-corrected chi connectivity index (χ4v) is 6.30. The van der Waals surface area contributed by atoms with Crippen molar-refractivity contribution in [2.45, 2.75) is 44.1 Å². The summed E-state index contributed by atoms with van der Waals surface area (Å²) in [6.45, 7) is 7.87. The van der Waals surface area contributed by atoms with Crippen LogP contribution in [-0.2, 0) is 20.2 Å². The lowest BCUT2D eigenvalue weighted by atomic mass is 9.86. The minimum absolute atomic E-state index is 0.146. The quantitative estimate of drug-likeness (QED) is 0.358. The molecular weight excluding hydrogens is 520 g/mol. The number of ether oxygens (including phenoxy) is 1. The van der Waals surface area contributed by atoms with Gasteiger partial charge in [0.15, 0.2) is 6.10 Å². The van der Waals surface area contributed by atoms with Crippen LogP contribution in [0.1, 0.15) is 31.9 Å². The topological polar surface area (TPSA) is 101 Å². The number of hydrogen-bond acceptors (Lipinski definition) is 7. The number of carbonyl (C=O) groups excluding carboxylic acids is 1. The number of sulfonamides is 1. The molecule has 38 heavy (non-hydrogen) atoms. The fourth-order valence-electron chi connectivity index (χ4n) is 4.08. The lowest BCUT2D eigenvalue weighted by Gasteiger charge is -2.35. The van der Waals surface area contributed by atoms with Crippen LogP contribution in [0.3, 0.4) is 0 Å². The minimum atomic E-state index is -3.98. The van der Waals surface area contributed by atoms with E-state index >= 15 is 0 Å². The van der Waals surface area contributed by atoms with Crippen molar-refractivity contribution in [1.29, 1.82) is 0 Å². The summed E-state index contributed by atoms with van der Waals surface area (Å²) in [6, 6.07) is 21.6. The van der Waals surface area contributed by atoms with E-state index in [-0.39, 0.29) is 16.9 Å². The third-order valence-corrected chi connectivity index (χ3v) is 8.95. The van der Waals surface area contributed by atoms with E-state index in [1.165, 1.54) is 15.6 Å². The van der Waals surface area contributed by atoms with Crippen molar-refractivity contribution in [2.75, 3.05) is 16.2 Å². The van der Waals surface area contributed by atoms with E-state index in [1.807, 2.05) is 49.4 Å².